The van der Waals surface area contributed by atoms with Crippen LogP contribution in [0.25, 0.3) is 33.3 Å². The average Bonchev–Trinajstić information content (AvgIpc) is 2.73. The van der Waals surface area contributed by atoms with Gasteiger partial charge in [-0.25, -0.2) is 4.98 Å². The molecule has 0 amide bonds. The number of nitrogens with zero attached hydrogens (tertiary/aromatic N) is 1. The van der Waals surface area contributed by atoms with E-state index in [1.54, 1.807) is 14.2 Å². The Morgan fingerprint density at radius 2 is 1.35 bits per heavy atom. The molecule has 128 valence electrons. The Kier molecular flexibility index (Phi) is 4.28. The number of fused-ring (bicyclic) bond motifs is 1. The van der Waals surface area contributed by atoms with E-state index in [2.05, 4.69) is 18.2 Å². The summed E-state index contributed by atoms with van der Waals surface area (Å²) in [6.45, 7) is 0. The molecule has 1 heterocycles. The van der Waals surface area contributed by atoms with Crippen molar-refractivity contribution >= 4 is 10.9 Å². The summed E-state index contributed by atoms with van der Waals surface area (Å²) in [6.07, 6.45) is 0. The minimum Gasteiger partial charge on any atom is -0.497 e. The van der Waals surface area contributed by atoms with Crippen LogP contribution in [0.5, 0.6) is 11.5 Å². The van der Waals surface area contributed by atoms with E-state index in [9.17, 15) is 0 Å². The molecule has 0 aliphatic heterocycles. The largest absolute Gasteiger partial charge is 0.497 e. The van der Waals surface area contributed by atoms with E-state index in [4.69, 9.17) is 14.5 Å². The second-order valence-corrected chi connectivity index (χ2v) is 6.04. The highest BCUT2D eigenvalue weighted by Gasteiger charge is 2.12. The van der Waals surface area contributed by atoms with Gasteiger partial charge >= 0.3 is 0 Å². The van der Waals surface area contributed by atoms with Crippen molar-refractivity contribution in [2.75, 3.05) is 14.2 Å². The number of aromatic nitrogens is 1. The van der Waals surface area contributed by atoms with Crippen LogP contribution < -0.4 is 9.47 Å². The molecule has 0 atom stereocenters. The maximum atomic E-state index is 5.36. The number of ether oxygens (including phenoxy) is 2. The fourth-order valence-electron chi connectivity index (χ4n) is 3.08. The van der Waals surface area contributed by atoms with Crippen molar-refractivity contribution in [3.05, 3.63) is 78.9 Å². The quantitative estimate of drug-likeness (QED) is 0.485. The minimum atomic E-state index is 0.804. The second kappa shape index (κ2) is 6.89. The van der Waals surface area contributed by atoms with Gasteiger partial charge in [0.05, 0.1) is 25.4 Å². The minimum absolute atomic E-state index is 0.804. The lowest BCUT2D eigenvalue weighted by atomic mass is 9.97. The lowest BCUT2D eigenvalue weighted by Crippen LogP contribution is -1.93. The van der Waals surface area contributed by atoms with Crippen LogP contribution in [0.2, 0.25) is 0 Å². The first-order valence-electron chi connectivity index (χ1n) is 8.47. The zero-order chi connectivity index (χ0) is 17.9. The molecule has 4 aromatic rings. The highest BCUT2D eigenvalue weighted by molar-refractivity contribution is 5.92. The van der Waals surface area contributed by atoms with E-state index < -0.39 is 0 Å². The third-order valence-corrected chi connectivity index (χ3v) is 4.47. The van der Waals surface area contributed by atoms with Crippen LogP contribution in [0.15, 0.2) is 78.9 Å². The van der Waals surface area contributed by atoms with E-state index >= 15 is 0 Å². The van der Waals surface area contributed by atoms with Crippen molar-refractivity contribution in [3.8, 4) is 33.9 Å². The van der Waals surface area contributed by atoms with Gasteiger partial charge in [-0.05, 0) is 48.0 Å². The monoisotopic (exact) mass is 341 g/mol. The van der Waals surface area contributed by atoms with Gasteiger partial charge in [-0.3, -0.25) is 0 Å². The van der Waals surface area contributed by atoms with Crippen molar-refractivity contribution in [1.82, 2.24) is 4.98 Å². The van der Waals surface area contributed by atoms with Gasteiger partial charge in [0.1, 0.15) is 11.5 Å². The van der Waals surface area contributed by atoms with Gasteiger partial charge < -0.3 is 9.47 Å². The zero-order valence-electron chi connectivity index (χ0n) is 14.8. The van der Waals surface area contributed by atoms with Crippen LogP contribution in [0.3, 0.4) is 0 Å². The van der Waals surface area contributed by atoms with Crippen LogP contribution in [0.4, 0.5) is 0 Å². The highest BCUT2D eigenvalue weighted by Crippen LogP contribution is 2.34. The van der Waals surface area contributed by atoms with Crippen molar-refractivity contribution in [2.24, 2.45) is 0 Å². The summed E-state index contributed by atoms with van der Waals surface area (Å²) in [6, 6.07) is 26.5. The molecule has 0 radical (unpaired) electrons. The fraction of sp³-hybridized carbons (Fsp3) is 0.0870. The molecule has 1 aromatic heterocycles. The normalized spacial score (nSPS) is 10.7. The molecular formula is C23H19NO2. The van der Waals surface area contributed by atoms with Crippen LogP contribution in [-0.2, 0) is 0 Å². The molecular weight excluding hydrogens is 322 g/mol. The molecule has 4 rings (SSSR count). The van der Waals surface area contributed by atoms with Gasteiger partial charge in [0.2, 0.25) is 0 Å². The first-order valence-corrected chi connectivity index (χ1v) is 8.47. The molecule has 0 fully saturated rings. The molecule has 0 aliphatic rings. The topological polar surface area (TPSA) is 31.4 Å². The van der Waals surface area contributed by atoms with E-state index in [1.807, 2.05) is 60.7 Å². The maximum Gasteiger partial charge on any atom is 0.121 e. The maximum absolute atomic E-state index is 5.36. The third-order valence-electron chi connectivity index (χ3n) is 4.47. The van der Waals surface area contributed by atoms with Gasteiger partial charge in [0.25, 0.3) is 0 Å². The van der Waals surface area contributed by atoms with E-state index in [-0.39, 0.29) is 0 Å². The summed E-state index contributed by atoms with van der Waals surface area (Å²) in [7, 11) is 3.34. The van der Waals surface area contributed by atoms with Crippen molar-refractivity contribution in [3.63, 3.8) is 0 Å². The number of hydrogen-bond acceptors (Lipinski definition) is 3. The van der Waals surface area contributed by atoms with Crippen molar-refractivity contribution in [2.45, 2.75) is 0 Å². The summed E-state index contributed by atoms with van der Waals surface area (Å²) >= 11 is 0. The summed E-state index contributed by atoms with van der Waals surface area (Å²) in [4.78, 5) is 4.97. The van der Waals surface area contributed by atoms with Crippen molar-refractivity contribution in [1.29, 1.82) is 0 Å². The summed E-state index contributed by atoms with van der Waals surface area (Å²) < 4.78 is 10.6. The zero-order valence-corrected chi connectivity index (χ0v) is 14.8. The Morgan fingerprint density at radius 3 is 2.04 bits per heavy atom. The molecule has 3 nitrogen and oxygen atoms in total. The molecule has 0 saturated heterocycles. The lowest BCUT2D eigenvalue weighted by Gasteiger charge is -2.12. The predicted octanol–water partition coefficient (Wildman–Crippen LogP) is 5.59. The van der Waals surface area contributed by atoms with Gasteiger partial charge in [-0.1, -0.05) is 30.3 Å². The molecule has 26 heavy (non-hydrogen) atoms. The Labute approximate surface area is 152 Å². The SMILES string of the molecule is COc1ccc(-c2nc3cc(OC)ccc3cc2-c2ccccc2)cc1. The Balaban J connectivity index is 1.97. The van der Waals surface area contributed by atoms with E-state index in [0.29, 0.717) is 0 Å². The predicted molar refractivity (Wildman–Crippen MR) is 106 cm³/mol. The standard InChI is InChI=1S/C23H19NO2/c1-25-19-11-8-17(9-12-19)23-21(16-6-4-3-5-7-16)14-18-10-13-20(26-2)15-22(18)24-23/h3-15H,1-2H3. The van der Waals surface area contributed by atoms with Gasteiger partial charge in [0.15, 0.2) is 0 Å². The Bertz CT molecular complexity index is 1040. The van der Waals surface area contributed by atoms with E-state index in [1.165, 1.54) is 0 Å². The summed E-state index contributed by atoms with van der Waals surface area (Å²) in [5.41, 5.74) is 5.15. The van der Waals surface area contributed by atoms with Crippen LogP contribution in [0.1, 0.15) is 0 Å². The van der Waals surface area contributed by atoms with Gasteiger partial charge in [0, 0.05) is 22.6 Å². The number of pyridine rings is 1. The highest BCUT2D eigenvalue weighted by atomic mass is 16.5. The van der Waals surface area contributed by atoms with Crippen molar-refractivity contribution < 1.29 is 9.47 Å². The Morgan fingerprint density at radius 1 is 0.654 bits per heavy atom. The summed E-state index contributed by atoms with van der Waals surface area (Å²) in [5.74, 6) is 1.63. The number of benzene rings is 3. The molecule has 0 bridgehead atoms. The smallest absolute Gasteiger partial charge is 0.121 e. The average molecular weight is 341 g/mol. The molecule has 0 spiro atoms. The molecule has 0 aliphatic carbocycles. The molecule has 0 saturated carbocycles. The molecule has 0 unspecified atom stereocenters. The van der Waals surface area contributed by atoms with Crippen LogP contribution in [-0.4, -0.2) is 19.2 Å². The van der Waals surface area contributed by atoms with Gasteiger partial charge in [-0.2, -0.15) is 0 Å². The fourth-order valence-corrected chi connectivity index (χ4v) is 3.08. The van der Waals surface area contributed by atoms with Crippen LogP contribution in [0, 0.1) is 0 Å². The molecule has 3 aromatic carbocycles. The molecule has 0 N–H and O–H groups in total. The third kappa shape index (κ3) is 3.00. The first kappa shape index (κ1) is 16.2. The lowest BCUT2D eigenvalue weighted by molar-refractivity contribution is 0.415. The first-order chi connectivity index (χ1) is 12.8. The molecule has 3 heteroatoms. The van der Waals surface area contributed by atoms with Gasteiger partial charge in [-0.15, -0.1) is 0 Å². The number of rotatable bonds is 4. The van der Waals surface area contributed by atoms with E-state index in [0.717, 1.165) is 44.8 Å². The summed E-state index contributed by atoms with van der Waals surface area (Å²) in [5, 5.41) is 1.09. The number of hydrogen-bond donors (Lipinski definition) is 0. The second-order valence-electron chi connectivity index (χ2n) is 6.04. The Hall–Kier alpha value is -3.33. The van der Waals surface area contributed by atoms with Crippen LogP contribution >= 0.6 is 0 Å². The number of methoxy groups -OCH3 is 2.